The molecule has 1 aliphatic rings. The number of anilines is 1. The molecule has 6 heteroatoms. The Morgan fingerprint density at radius 2 is 1.67 bits per heavy atom. The molecule has 1 amide bonds. The molecule has 0 radical (unpaired) electrons. The Morgan fingerprint density at radius 3 is 2.31 bits per heavy atom. The molecule has 1 saturated heterocycles. The number of likely N-dealkylation sites (tertiary alicyclic amines) is 1. The lowest BCUT2D eigenvalue weighted by atomic mass is 9.86. The summed E-state index contributed by atoms with van der Waals surface area (Å²) in [5, 5.41) is 4.39. The van der Waals surface area contributed by atoms with Crippen LogP contribution in [0, 0.1) is 12.8 Å². The van der Waals surface area contributed by atoms with Crippen molar-refractivity contribution >= 4 is 46.6 Å². The molecule has 1 atom stereocenters. The first-order chi connectivity index (χ1) is 17.2. The molecule has 1 aliphatic heterocycles. The van der Waals surface area contributed by atoms with Crippen molar-refractivity contribution in [3.8, 4) is 0 Å². The van der Waals surface area contributed by atoms with Gasteiger partial charge in [-0.2, -0.15) is 0 Å². The summed E-state index contributed by atoms with van der Waals surface area (Å²) in [6, 6.07) is 21.1. The van der Waals surface area contributed by atoms with E-state index in [2.05, 4.69) is 60.5 Å². The molecule has 36 heavy (non-hydrogen) atoms. The molecule has 1 fully saturated rings. The van der Waals surface area contributed by atoms with Gasteiger partial charge in [-0.15, -0.1) is 0 Å². The molecule has 0 aliphatic carbocycles. The van der Waals surface area contributed by atoms with Crippen LogP contribution in [-0.2, 0) is 4.79 Å². The van der Waals surface area contributed by atoms with Crippen LogP contribution in [0.2, 0.25) is 10.0 Å². The zero-order chi connectivity index (χ0) is 25.8. The summed E-state index contributed by atoms with van der Waals surface area (Å²) in [6.07, 6.45) is 2.24. The predicted molar refractivity (Wildman–Crippen MR) is 154 cm³/mol. The van der Waals surface area contributed by atoms with Crippen LogP contribution in [0.5, 0.6) is 0 Å². The summed E-state index contributed by atoms with van der Waals surface area (Å²) >= 11 is 14.0. The second-order valence-corrected chi connectivity index (χ2v) is 11.9. The van der Waals surface area contributed by atoms with E-state index in [1.807, 2.05) is 32.0 Å². The highest BCUT2D eigenvalue weighted by Crippen LogP contribution is 2.37. The summed E-state index contributed by atoms with van der Waals surface area (Å²) in [5.74, 6) is 0.559. The Bertz CT molecular complexity index is 1200. The molecular formula is C30H34Cl2N2OS. The van der Waals surface area contributed by atoms with Gasteiger partial charge >= 0.3 is 0 Å². The second kappa shape index (κ2) is 12.0. The zero-order valence-corrected chi connectivity index (χ0v) is 23.7. The van der Waals surface area contributed by atoms with Crippen molar-refractivity contribution in [2.45, 2.75) is 62.3 Å². The Labute approximate surface area is 229 Å². The number of hydrogen-bond acceptors (Lipinski definition) is 3. The first-order valence-electron chi connectivity index (χ1n) is 12.6. The van der Waals surface area contributed by atoms with Crippen LogP contribution in [0.4, 0.5) is 5.69 Å². The van der Waals surface area contributed by atoms with Gasteiger partial charge < -0.3 is 5.32 Å². The number of amides is 1. The van der Waals surface area contributed by atoms with E-state index in [1.165, 1.54) is 16.7 Å². The van der Waals surface area contributed by atoms with Crippen molar-refractivity contribution in [2.24, 2.45) is 5.92 Å². The average Bonchev–Trinajstić information content (AvgIpc) is 2.87. The maximum atomic E-state index is 12.1. The van der Waals surface area contributed by atoms with Gasteiger partial charge in [-0.3, -0.25) is 9.69 Å². The van der Waals surface area contributed by atoms with E-state index in [0.717, 1.165) is 41.4 Å². The number of rotatable bonds is 7. The third kappa shape index (κ3) is 6.66. The Morgan fingerprint density at radius 1 is 0.972 bits per heavy atom. The lowest BCUT2D eigenvalue weighted by Gasteiger charge is -2.37. The lowest BCUT2D eigenvalue weighted by molar-refractivity contribution is -0.118. The van der Waals surface area contributed by atoms with E-state index in [1.54, 1.807) is 17.8 Å². The van der Waals surface area contributed by atoms with Crippen molar-refractivity contribution in [1.82, 2.24) is 4.90 Å². The SMILES string of the molecule is Cc1ccc(NC(=O)C(C)C)cc1C1CCN(C(C)c2ccc(Sc3ccc(Cl)cc3Cl)cc2)CC1. The Kier molecular flexibility index (Phi) is 9.05. The average molecular weight is 542 g/mol. The summed E-state index contributed by atoms with van der Waals surface area (Å²) in [7, 11) is 0. The van der Waals surface area contributed by atoms with Gasteiger partial charge in [0.25, 0.3) is 0 Å². The normalized spacial score (nSPS) is 15.8. The van der Waals surface area contributed by atoms with Crippen LogP contribution in [0.1, 0.15) is 62.3 Å². The maximum absolute atomic E-state index is 12.1. The van der Waals surface area contributed by atoms with Gasteiger partial charge in [0, 0.05) is 32.5 Å². The molecule has 3 nitrogen and oxygen atoms in total. The van der Waals surface area contributed by atoms with E-state index in [-0.39, 0.29) is 11.8 Å². The predicted octanol–water partition coefficient (Wildman–Crippen LogP) is 8.99. The van der Waals surface area contributed by atoms with Crippen LogP contribution in [0.3, 0.4) is 0 Å². The van der Waals surface area contributed by atoms with Gasteiger partial charge in [0.1, 0.15) is 0 Å². The number of halogens is 2. The quantitative estimate of drug-likeness (QED) is 0.324. The highest BCUT2D eigenvalue weighted by molar-refractivity contribution is 7.99. The minimum Gasteiger partial charge on any atom is -0.326 e. The molecule has 3 aromatic rings. The van der Waals surface area contributed by atoms with Crippen molar-refractivity contribution in [3.63, 3.8) is 0 Å². The van der Waals surface area contributed by atoms with Gasteiger partial charge in [-0.25, -0.2) is 0 Å². The number of aryl methyl sites for hydroxylation is 1. The van der Waals surface area contributed by atoms with Crippen molar-refractivity contribution in [1.29, 1.82) is 0 Å². The molecule has 0 bridgehead atoms. The van der Waals surface area contributed by atoms with E-state index >= 15 is 0 Å². The fraction of sp³-hybridized carbons (Fsp3) is 0.367. The monoisotopic (exact) mass is 540 g/mol. The van der Waals surface area contributed by atoms with Gasteiger partial charge in [0.2, 0.25) is 5.91 Å². The maximum Gasteiger partial charge on any atom is 0.226 e. The molecule has 1 heterocycles. The van der Waals surface area contributed by atoms with E-state index in [0.29, 0.717) is 22.0 Å². The number of hydrogen-bond donors (Lipinski definition) is 1. The first kappa shape index (κ1) is 27.1. The number of nitrogens with zero attached hydrogens (tertiary/aromatic N) is 1. The zero-order valence-electron chi connectivity index (χ0n) is 21.4. The smallest absolute Gasteiger partial charge is 0.226 e. The molecule has 0 saturated carbocycles. The number of nitrogens with one attached hydrogen (secondary N) is 1. The molecule has 0 aromatic heterocycles. The molecule has 1 N–H and O–H groups in total. The third-order valence-corrected chi connectivity index (χ3v) is 8.82. The minimum atomic E-state index is -0.0256. The van der Waals surface area contributed by atoms with Crippen molar-refractivity contribution in [2.75, 3.05) is 18.4 Å². The van der Waals surface area contributed by atoms with Gasteiger partial charge in [-0.1, -0.05) is 67.0 Å². The summed E-state index contributed by atoms with van der Waals surface area (Å²) in [6.45, 7) is 10.4. The summed E-state index contributed by atoms with van der Waals surface area (Å²) in [5.41, 5.74) is 4.90. The highest BCUT2D eigenvalue weighted by Gasteiger charge is 2.25. The minimum absolute atomic E-state index is 0.0256. The van der Waals surface area contributed by atoms with Crippen LogP contribution < -0.4 is 5.32 Å². The molecule has 1 unspecified atom stereocenters. The van der Waals surface area contributed by atoms with Gasteiger partial charge in [-0.05, 0) is 105 Å². The molecule has 190 valence electrons. The van der Waals surface area contributed by atoms with Crippen LogP contribution >= 0.6 is 35.0 Å². The standard InChI is InChI=1S/C30H34Cl2N2OS/c1-19(2)30(35)33-25-9-5-20(3)27(18-25)23-13-15-34(16-14-23)21(4)22-6-10-26(11-7-22)36-29-12-8-24(31)17-28(29)32/h5-12,17-19,21,23H,13-16H2,1-4H3,(H,33,35). The third-order valence-electron chi connectivity index (χ3n) is 7.07. The van der Waals surface area contributed by atoms with E-state index in [9.17, 15) is 4.79 Å². The van der Waals surface area contributed by atoms with Crippen LogP contribution in [-0.4, -0.2) is 23.9 Å². The summed E-state index contributed by atoms with van der Waals surface area (Å²) < 4.78 is 0. The first-order valence-corrected chi connectivity index (χ1v) is 14.2. The van der Waals surface area contributed by atoms with E-state index < -0.39 is 0 Å². The van der Waals surface area contributed by atoms with E-state index in [4.69, 9.17) is 23.2 Å². The molecule has 4 rings (SSSR count). The van der Waals surface area contributed by atoms with Crippen molar-refractivity contribution < 1.29 is 4.79 Å². The summed E-state index contributed by atoms with van der Waals surface area (Å²) in [4.78, 5) is 16.9. The topological polar surface area (TPSA) is 32.3 Å². The number of carbonyl (C=O) groups is 1. The number of carbonyl (C=O) groups excluding carboxylic acids is 1. The van der Waals surface area contributed by atoms with Gasteiger partial charge in [0.15, 0.2) is 0 Å². The molecule has 3 aromatic carbocycles. The fourth-order valence-electron chi connectivity index (χ4n) is 4.75. The Balaban J connectivity index is 1.36. The Hall–Kier alpha value is -1.98. The van der Waals surface area contributed by atoms with Crippen molar-refractivity contribution in [3.05, 3.63) is 87.4 Å². The fourth-order valence-corrected chi connectivity index (χ4v) is 6.10. The molecular weight excluding hydrogens is 507 g/mol. The lowest BCUT2D eigenvalue weighted by Crippen LogP contribution is -2.35. The van der Waals surface area contributed by atoms with Crippen LogP contribution in [0.25, 0.3) is 0 Å². The largest absolute Gasteiger partial charge is 0.326 e. The van der Waals surface area contributed by atoms with Gasteiger partial charge in [0.05, 0.1) is 5.02 Å². The number of benzene rings is 3. The molecule has 0 spiro atoms. The number of piperidine rings is 1. The van der Waals surface area contributed by atoms with Crippen LogP contribution in [0.15, 0.2) is 70.5 Å². The second-order valence-electron chi connectivity index (χ2n) is 9.95. The highest BCUT2D eigenvalue weighted by atomic mass is 35.5.